The summed E-state index contributed by atoms with van der Waals surface area (Å²) in [5, 5.41) is 0. The zero-order chi connectivity index (χ0) is 15.3. The van der Waals surface area contributed by atoms with E-state index in [9.17, 15) is 14.4 Å². The van der Waals surface area contributed by atoms with E-state index < -0.39 is 24.8 Å². The Bertz CT molecular complexity index is 542. The van der Waals surface area contributed by atoms with Gasteiger partial charge in [0.25, 0.3) is 5.91 Å². The molecule has 0 atom stereocenters. The van der Waals surface area contributed by atoms with Gasteiger partial charge in [-0.2, -0.15) is 0 Å². The van der Waals surface area contributed by atoms with Crippen LogP contribution in [0.3, 0.4) is 0 Å². The number of nitrogen functional groups attached to an aromatic ring is 1. The number of rotatable bonds is 3. The lowest BCUT2D eigenvalue weighted by atomic mass is 10.1. The highest BCUT2D eigenvalue weighted by Gasteiger charge is 2.20. The Labute approximate surface area is 116 Å². The second-order valence-corrected chi connectivity index (χ2v) is 4.10. The van der Waals surface area contributed by atoms with Gasteiger partial charge in [0.05, 0.1) is 0 Å². The number of hydrogen-bond donors (Lipinski definition) is 1. The van der Waals surface area contributed by atoms with Gasteiger partial charge < -0.3 is 15.2 Å². The molecule has 7 nitrogen and oxygen atoms in total. The number of ether oxygens (including phenoxy) is 2. The van der Waals surface area contributed by atoms with E-state index in [-0.39, 0.29) is 5.56 Å². The van der Waals surface area contributed by atoms with Crippen molar-refractivity contribution in [3.63, 3.8) is 0 Å². The monoisotopic (exact) mass is 280 g/mol. The number of nitrogens with zero attached hydrogens (tertiary/aromatic N) is 1. The predicted octanol–water partition coefficient (Wildman–Crippen LogP) is 1.31. The van der Waals surface area contributed by atoms with E-state index >= 15 is 0 Å². The van der Waals surface area contributed by atoms with E-state index in [1.807, 2.05) is 0 Å². The van der Waals surface area contributed by atoms with Crippen LogP contribution in [0.2, 0.25) is 0 Å². The van der Waals surface area contributed by atoms with Crippen molar-refractivity contribution in [2.45, 2.75) is 13.8 Å². The third-order valence-electron chi connectivity index (χ3n) is 2.55. The lowest BCUT2D eigenvalue weighted by molar-refractivity contribution is -0.149. The first-order valence-corrected chi connectivity index (χ1v) is 5.77. The molecule has 0 unspecified atom stereocenters. The first-order chi connectivity index (χ1) is 9.32. The zero-order valence-electron chi connectivity index (χ0n) is 11.5. The number of amides is 2. The van der Waals surface area contributed by atoms with E-state index in [2.05, 4.69) is 9.47 Å². The molecular formula is C13H16N2O5. The maximum Gasteiger partial charge on any atom is 0.419 e. The number of benzene rings is 1. The molecule has 0 saturated carbocycles. The summed E-state index contributed by atoms with van der Waals surface area (Å²) < 4.78 is 9.05. The van der Waals surface area contributed by atoms with E-state index in [4.69, 9.17) is 5.73 Å². The van der Waals surface area contributed by atoms with Crippen molar-refractivity contribution in [1.82, 2.24) is 4.90 Å². The molecule has 0 aliphatic rings. The Hall–Kier alpha value is -2.57. The molecule has 0 aromatic heterocycles. The van der Waals surface area contributed by atoms with Gasteiger partial charge in [0.2, 0.25) is 6.79 Å². The second-order valence-electron chi connectivity index (χ2n) is 4.10. The first kappa shape index (κ1) is 15.5. The van der Waals surface area contributed by atoms with Gasteiger partial charge >= 0.3 is 12.1 Å². The zero-order valence-corrected chi connectivity index (χ0v) is 11.5. The second kappa shape index (κ2) is 6.55. The number of anilines is 1. The van der Waals surface area contributed by atoms with Crippen molar-refractivity contribution in [2.24, 2.45) is 0 Å². The topological polar surface area (TPSA) is 98.9 Å². The summed E-state index contributed by atoms with van der Waals surface area (Å²) in [6.07, 6.45) is -0.921. The van der Waals surface area contributed by atoms with Crippen LogP contribution in [0.25, 0.3) is 0 Å². The standard InChI is InChI=1S/C13H16N2O5/c1-8-4-5-10(6-11(8)14)12(17)15(3)13(18)20-7-19-9(2)16/h4-6H,7,14H2,1-3H3. The number of hydrogen-bond acceptors (Lipinski definition) is 6. The SMILES string of the molecule is CC(=O)OCOC(=O)N(C)C(=O)c1ccc(C)c(N)c1. The van der Waals surface area contributed by atoms with Crippen LogP contribution in [0, 0.1) is 6.92 Å². The van der Waals surface area contributed by atoms with E-state index in [0.717, 1.165) is 10.5 Å². The number of imide groups is 1. The summed E-state index contributed by atoms with van der Waals surface area (Å²) in [4.78, 5) is 34.8. The molecule has 2 amide bonds. The molecule has 2 N–H and O–H groups in total. The first-order valence-electron chi connectivity index (χ1n) is 5.77. The summed E-state index contributed by atoms with van der Waals surface area (Å²) in [5.74, 6) is -1.15. The van der Waals surface area contributed by atoms with Crippen LogP contribution < -0.4 is 5.73 Å². The quantitative estimate of drug-likeness (QED) is 0.509. The van der Waals surface area contributed by atoms with Crippen molar-refractivity contribution < 1.29 is 23.9 Å². The molecule has 0 radical (unpaired) electrons. The highest BCUT2D eigenvalue weighted by atomic mass is 16.7. The average Bonchev–Trinajstić information content (AvgIpc) is 2.39. The highest BCUT2D eigenvalue weighted by Crippen LogP contribution is 2.14. The smallest absolute Gasteiger partial charge is 0.419 e. The molecule has 1 aromatic carbocycles. The van der Waals surface area contributed by atoms with Crippen molar-refractivity contribution in [1.29, 1.82) is 0 Å². The van der Waals surface area contributed by atoms with Crippen LogP contribution in [0.15, 0.2) is 18.2 Å². The van der Waals surface area contributed by atoms with E-state index in [1.54, 1.807) is 19.1 Å². The molecule has 108 valence electrons. The van der Waals surface area contributed by atoms with Gasteiger partial charge in [0.1, 0.15) is 0 Å². The van der Waals surface area contributed by atoms with Crippen LogP contribution >= 0.6 is 0 Å². The van der Waals surface area contributed by atoms with Gasteiger partial charge in [-0.1, -0.05) is 6.07 Å². The summed E-state index contributed by atoms with van der Waals surface area (Å²) in [6.45, 7) is 2.44. The fourth-order valence-electron chi connectivity index (χ4n) is 1.31. The number of carbonyl (C=O) groups is 3. The normalized spacial score (nSPS) is 9.75. The molecule has 0 fully saturated rings. The van der Waals surface area contributed by atoms with Gasteiger partial charge in [-0.25, -0.2) is 9.69 Å². The van der Waals surface area contributed by atoms with Crippen LogP contribution in [0.1, 0.15) is 22.8 Å². The Morgan fingerprint density at radius 1 is 1.25 bits per heavy atom. The highest BCUT2D eigenvalue weighted by molar-refractivity contribution is 6.03. The Morgan fingerprint density at radius 3 is 2.45 bits per heavy atom. The number of carbonyl (C=O) groups excluding carboxylic acids is 3. The van der Waals surface area contributed by atoms with Crippen LogP contribution in [0.5, 0.6) is 0 Å². The maximum atomic E-state index is 12.0. The molecule has 0 aliphatic heterocycles. The summed E-state index contributed by atoms with van der Waals surface area (Å²) >= 11 is 0. The number of nitrogens with two attached hydrogens (primary N) is 1. The van der Waals surface area contributed by atoms with Crippen LogP contribution in [0.4, 0.5) is 10.5 Å². The fourth-order valence-corrected chi connectivity index (χ4v) is 1.31. The molecule has 0 spiro atoms. The minimum atomic E-state index is -0.921. The molecule has 7 heteroatoms. The third-order valence-corrected chi connectivity index (χ3v) is 2.55. The number of aryl methyl sites for hydroxylation is 1. The molecule has 0 bridgehead atoms. The van der Waals surface area contributed by atoms with Crippen molar-refractivity contribution >= 4 is 23.7 Å². The molecule has 0 heterocycles. The Kier molecular flexibility index (Phi) is 5.08. The summed E-state index contributed by atoms with van der Waals surface area (Å²) in [5.41, 5.74) is 7.26. The number of esters is 1. The Morgan fingerprint density at radius 2 is 1.90 bits per heavy atom. The lowest BCUT2D eigenvalue weighted by Gasteiger charge is -2.15. The van der Waals surface area contributed by atoms with Crippen molar-refractivity contribution in [3.05, 3.63) is 29.3 Å². The largest absolute Gasteiger partial charge is 0.428 e. The molecule has 20 heavy (non-hydrogen) atoms. The van der Waals surface area contributed by atoms with E-state index in [0.29, 0.717) is 5.69 Å². The third kappa shape index (κ3) is 3.98. The molecular weight excluding hydrogens is 264 g/mol. The molecule has 0 aliphatic carbocycles. The van der Waals surface area contributed by atoms with Gasteiger partial charge in [0.15, 0.2) is 0 Å². The fraction of sp³-hybridized carbons (Fsp3) is 0.308. The van der Waals surface area contributed by atoms with Crippen molar-refractivity contribution in [3.8, 4) is 0 Å². The lowest BCUT2D eigenvalue weighted by Crippen LogP contribution is -2.34. The van der Waals surface area contributed by atoms with Gasteiger partial charge in [0, 0.05) is 25.2 Å². The minimum Gasteiger partial charge on any atom is -0.428 e. The van der Waals surface area contributed by atoms with Gasteiger partial charge in [-0.3, -0.25) is 9.59 Å². The minimum absolute atomic E-state index is 0.264. The summed E-state index contributed by atoms with van der Waals surface area (Å²) in [6, 6.07) is 4.72. The maximum absolute atomic E-state index is 12.0. The predicted molar refractivity (Wildman–Crippen MR) is 70.8 cm³/mol. The average molecular weight is 280 g/mol. The van der Waals surface area contributed by atoms with Crippen molar-refractivity contribution in [2.75, 3.05) is 19.6 Å². The van der Waals surface area contributed by atoms with Gasteiger partial charge in [-0.05, 0) is 24.6 Å². The Balaban J connectivity index is 2.68. The summed E-state index contributed by atoms with van der Waals surface area (Å²) in [7, 11) is 1.26. The van der Waals surface area contributed by atoms with Crippen LogP contribution in [-0.2, 0) is 14.3 Å². The van der Waals surface area contributed by atoms with Crippen LogP contribution in [-0.4, -0.2) is 36.7 Å². The molecule has 1 rings (SSSR count). The molecule has 1 aromatic rings. The van der Waals surface area contributed by atoms with E-state index in [1.165, 1.54) is 20.0 Å². The molecule has 0 saturated heterocycles. The van der Waals surface area contributed by atoms with Gasteiger partial charge in [-0.15, -0.1) is 0 Å².